The van der Waals surface area contributed by atoms with Crippen LogP contribution in [0.5, 0.6) is 0 Å². The van der Waals surface area contributed by atoms with Crippen LogP contribution in [0.1, 0.15) is 18.4 Å². The molecule has 3 rings (SSSR count). The van der Waals surface area contributed by atoms with E-state index < -0.39 is 6.10 Å². The summed E-state index contributed by atoms with van der Waals surface area (Å²) in [4.78, 5) is 14.9. The first-order valence-corrected chi connectivity index (χ1v) is 8.33. The Hall–Kier alpha value is -1.36. The van der Waals surface area contributed by atoms with Crippen molar-refractivity contribution in [2.75, 3.05) is 20.6 Å². The molecule has 1 saturated carbocycles. The van der Waals surface area contributed by atoms with Crippen molar-refractivity contribution in [3.63, 3.8) is 0 Å². The molecule has 1 N–H and O–H groups in total. The van der Waals surface area contributed by atoms with Gasteiger partial charge in [-0.25, -0.2) is 0 Å². The van der Waals surface area contributed by atoms with E-state index in [1.807, 2.05) is 31.1 Å². The van der Waals surface area contributed by atoms with Crippen molar-refractivity contribution in [2.24, 2.45) is 11.8 Å². The molecule has 2 aliphatic rings. The van der Waals surface area contributed by atoms with Gasteiger partial charge < -0.3 is 14.7 Å². The number of aliphatic hydroxyl groups excluding tert-OH is 1. The zero-order chi connectivity index (χ0) is 16.6. The summed E-state index contributed by atoms with van der Waals surface area (Å²) in [5, 5.41) is 10.9. The summed E-state index contributed by atoms with van der Waals surface area (Å²) in [7, 11) is 3.94. The zero-order valence-electron chi connectivity index (χ0n) is 13.4. The van der Waals surface area contributed by atoms with Crippen molar-refractivity contribution in [1.82, 2.24) is 4.90 Å². The fourth-order valence-corrected chi connectivity index (χ4v) is 3.74. The van der Waals surface area contributed by atoms with Gasteiger partial charge in [0.1, 0.15) is 6.10 Å². The summed E-state index contributed by atoms with van der Waals surface area (Å²) < 4.78 is 5.93. The smallest absolute Gasteiger partial charge is 0.173 e. The number of Topliss-reactive ketones (excluding diaryl/α,β-unsaturated/α-hetero) is 1. The number of allylic oxidation sites excluding steroid dienone is 1. The summed E-state index contributed by atoms with van der Waals surface area (Å²) in [6, 6.07) is 7.22. The van der Waals surface area contributed by atoms with Gasteiger partial charge in [0.15, 0.2) is 5.78 Å². The molecule has 4 nitrogen and oxygen atoms in total. The molecule has 0 saturated heterocycles. The molecule has 1 aromatic rings. The van der Waals surface area contributed by atoms with Crippen LogP contribution in [0.15, 0.2) is 30.5 Å². The van der Waals surface area contributed by atoms with Gasteiger partial charge in [0.2, 0.25) is 0 Å². The second kappa shape index (κ2) is 6.63. The lowest BCUT2D eigenvalue weighted by Gasteiger charge is -2.43. The number of halogens is 1. The topological polar surface area (TPSA) is 49.8 Å². The first-order valence-electron chi connectivity index (χ1n) is 7.96. The van der Waals surface area contributed by atoms with Gasteiger partial charge in [-0.05, 0) is 44.6 Å². The Bertz CT molecular complexity index is 611. The summed E-state index contributed by atoms with van der Waals surface area (Å²) in [6.07, 6.45) is 2.21. The van der Waals surface area contributed by atoms with Crippen LogP contribution in [-0.2, 0) is 9.53 Å². The third-order valence-corrected chi connectivity index (χ3v) is 5.01. The van der Waals surface area contributed by atoms with Gasteiger partial charge in [0, 0.05) is 17.5 Å². The normalized spacial score (nSPS) is 30.7. The van der Waals surface area contributed by atoms with E-state index in [4.69, 9.17) is 16.3 Å². The van der Waals surface area contributed by atoms with Crippen LogP contribution in [0.2, 0.25) is 5.02 Å². The number of hydrogen-bond donors (Lipinski definition) is 1. The van der Waals surface area contributed by atoms with Gasteiger partial charge in [-0.2, -0.15) is 0 Å². The number of hydrogen-bond acceptors (Lipinski definition) is 4. The molecule has 0 radical (unpaired) electrons. The molecule has 23 heavy (non-hydrogen) atoms. The highest BCUT2D eigenvalue weighted by Gasteiger charge is 2.46. The monoisotopic (exact) mass is 335 g/mol. The van der Waals surface area contributed by atoms with E-state index in [2.05, 4.69) is 0 Å². The number of carbonyl (C=O) groups excluding carboxylic acids is 1. The lowest BCUT2D eigenvalue weighted by molar-refractivity contribution is -0.133. The second-order valence-electron chi connectivity index (χ2n) is 6.68. The predicted molar refractivity (Wildman–Crippen MR) is 90.1 cm³/mol. The molecule has 124 valence electrons. The number of fused-ring (bicyclic) bond motifs is 1. The Morgan fingerprint density at radius 1 is 1.26 bits per heavy atom. The van der Waals surface area contributed by atoms with Crippen molar-refractivity contribution in [3.05, 3.63) is 41.1 Å². The summed E-state index contributed by atoms with van der Waals surface area (Å²) >= 11 is 5.91. The van der Waals surface area contributed by atoms with Crippen LogP contribution in [0.3, 0.4) is 0 Å². The zero-order valence-corrected chi connectivity index (χ0v) is 14.2. The van der Waals surface area contributed by atoms with E-state index in [1.54, 1.807) is 18.4 Å². The Kier molecular flexibility index (Phi) is 4.76. The predicted octanol–water partition coefficient (Wildman–Crippen LogP) is 2.60. The quantitative estimate of drug-likeness (QED) is 0.922. The number of aliphatic hydroxyl groups is 1. The SMILES string of the molecule is CN(C)CC1C(O)CCC2C(=O)C(c3ccc(Cl)cc3)=COC21. The van der Waals surface area contributed by atoms with Gasteiger partial charge >= 0.3 is 0 Å². The molecule has 0 amide bonds. The van der Waals surface area contributed by atoms with Crippen molar-refractivity contribution in [3.8, 4) is 0 Å². The Morgan fingerprint density at radius 2 is 1.96 bits per heavy atom. The highest BCUT2D eigenvalue weighted by atomic mass is 35.5. The fourth-order valence-electron chi connectivity index (χ4n) is 3.61. The van der Waals surface area contributed by atoms with Crippen LogP contribution < -0.4 is 0 Å². The Balaban J connectivity index is 1.87. The lowest BCUT2D eigenvalue weighted by Crippen LogP contribution is -2.51. The third-order valence-electron chi connectivity index (χ3n) is 4.76. The Morgan fingerprint density at radius 3 is 2.61 bits per heavy atom. The van der Waals surface area contributed by atoms with Crippen LogP contribution in [0.25, 0.3) is 5.57 Å². The largest absolute Gasteiger partial charge is 0.496 e. The molecule has 1 fully saturated rings. The van der Waals surface area contributed by atoms with Crippen molar-refractivity contribution in [2.45, 2.75) is 25.0 Å². The number of ketones is 1. The number of nitrogens with zero attached hydrogens (tertiary/aromatic N) is 1. The van der Waals surface area contributed by atoms with Crippen molar-refractivity contribution in [1.29, 1.82) is 0 Å². The van der Waals surface area contributed by atoms with Crippen LogP contribution >= 0.6 is 11.6 Å². The number of carbonyl (C=O) groups is 1. The maximum atomic E-state index is 12.9. The van der Waals surface area contributed by atoms with Gasteiger partial charge in [-0.15, -0.1) is 0 Å². The van der Waals surface area contributed by atoms with E-state index in [0.29, 0.717) is 30.0 Å². The molecule has 1 aromatic carbocycles. The average Bonchev–Trinajstić information content (AvgIpc) is 2.51. The first kappa shape index (κ1) is 16.5. The average molecular weight is 336 g/mol. The molecule has 4 atom stereocenters. The molecule has 5 heteroatoms. The molecular formula is C18H22ClNO3. The lowest BCUT2D eigenvalue weighted by atomic mass is 9.72. The maximum absolute atomic E-state index is 12.9. The maximum Gasteiger partial charge on any atom is 0.173 e. The minimum absolute atomic E-state index is 0.0456. The molecule has 1 heterocycles. The molecule has 0 aromatic heterocycles. The molecule has 1 aliphatic heterocycles. The molecule has 1 aliphatic carbocycles. The van der Waals surface area contributed by atoms with Crippen molar-refractivity contribution < 1.29 is 14.6 Å². The highest BCUT2D eigenvalue weighted by Crippen LogP contribution is 2.39. The van der Waals surface area contributed by atoms with Crippen LogP contribution in [-0.4, -0.2) is 48.6 Å². The van der Waals surface area contributed by atoms with Crippen LogP contribution in [0.4, 0.5) is 0 Å². The second-order valence-corrected chi connectivity index (χ2v) is 7.12. The van der Waals surface area contributed by atoms with Gasteiger partial charge in [-0.1, -0.05) is 23.7 Å². The van der Waals surface area contributed by atoms with E-state index >= 15 is 0 Å². The number of rotatable bonds is 3. The molecular weight excluding hydrogens is 314 g/mol. The summed E-state index contributed by atoms with van der Waals surface area (Å²) in [6.45, 7) is 0.708. The van der Waals surface area contributed by atoms with E-state index in [0.717, 1.165) is 5.56 Å². The first-order chi connectivity index (χ1) is 11.0. The molecule has 0 bridgehead atoms. The minimum Gasteiger partial charge on any atom is -0.496 e. The van der Waals surface area contributed by atoms with E-state index in [-0.39, 0.29) is 23.7 Å². The summed E-state index contributed by atoms with van der Waals surface area (Å²) in [5.74, 6) is -0.117. The fraction of sp³-hybridized carbons (Fsp3) is 0.500. The standard InChI is InChI=1S/C18H22ClNO3/c1-20(2)9-14-16(21)8-7-13-17(22)15(10-23-18(13)14)11-3-5-12(19)6-4-11/h3-6,10,13-14,16,18,21H,7-9H2,1-2H3. The number of ether oxygens (including phenoxy) is 1. The third kappa shape index (κ3) is 3.30. The van der Waals surface area contributed by atoms with Crippen LogP contribution in [0, 0.1) is 11.8 Å². The van der Waals surface area contributed by atoms with E-state index in [1.165, 1.54) is 0 Å². The molecule has 4 unspecified atom stereocenters. The van der Waals surface area contributed by atoms with Crippen molar-refractivity contribution >= 4 is 23.0 Å². The highest BCUT2D eigenvalue weighted by molar-refractivity contribution is 6.30. The van der Waals surface area contributed by atoms with Gasteiger partial charge in [0.25, 0.3) is 0 Å². The molecule has 0 spiro atoms. The Labute approximate surface area is 141 Å². The van der Waals surface area contributed by atoms with Gasteiger partial charge in [0.05, 0.1) is 23.9 Å². The summed E-state index contributed by atoms with van der Waals surface area (Å²) in [5.41, 5.74) is 1.43. The van der Waals surface area contributed by atoms with E-state index in [9.17, 15) is 9.90 Å². The van der Waals surface area contributed by atoms with Gasteiger partial charge in [-0.3, -0.25) is 4.79 Å². The minimum atomic E-state index is -0.420. The number of benzene rings is 1.